The molecule has 0 saturated heterocycles. The van der Waals surface area contributed by atoms with Crippen LogP contribution >= 0.6 is 11.6 Å². The van der Waals surface area contributed by atoms with Crippen LogP contribution in [0.2, 0.25) is 5.02 Å². The Morgan fingerprint density at radius 3 is 2.63 bits per heavy atom. The number of nitrogens with one attached hydrogen (secondary N) is 2. The normalized spacial score (nSPS) is 10.3. The number of anilines is 3. The SMILES string of the molecule is COC(=O)c1ccc(Cl)c(NC(=O)c2ccnc(Nc3cc(C)on3)c2)c1. The van der Waals surface area contributed by atoms with Crippen LogP contribution in [0.3, 0.4) is 0 Å². The number of esters is 1. The van der Waals surface area contributed by atoms with Crippen LogP contribution in [0.25, 0.3) is 0 Å². The van der Waals surface area contributed by atoms with Crippen LogP contribution in [0, 0.1) is 6.92 Å². The standard InChI is InChI=1S/C18H15ClN4O4/c1-10-7-16(23-27-10)22-15-9-11(5-6-20-15)17(24)21-14-8-12(18(25)26-2)3-4-13(14)19/h3-9H,1-2H3,(H,21,24)(H,20,22,23). The molecule has 3 rings (SSSR count). The monoisotopic (exact) mass is 386 g/mol. The molecule has 1 aromatic carbocycles. The predicted octanol–water partition coefficient (Wildman–Crippen LogP) is 3.81. The zero-order valence-corrected chi connectivity index (χ0v) is 15.2. The van der Waals surface area contributed by atoms with E-state index in [1.807, 2.05) is 0 Å². The molecule has 0 aliphatic carbocycles. The van der Waals surface area contributed by atoms with Crippen LogP contribution in [0.15, 0.2) is 47.1 Å². The highest BCUT2D eigenvalue weighted by Crippen LogP contribution is 2.24. The number of aryl methyl sites for hydroxylation is 1. The van der Waals surface area contributed by atoms with Gasteiger partial charge in [-0.15, -0.1) is 0 Å². The number of benzene rings is 1. The van der Waals surface area contributed by atoms with E-state index in [-0.39, 0.29) is 5.56 Å². The van der Waals surface area contributed by atoms with Crippen molar-refractivity contribution in [2.24, 2.45) is 0 Å². The van der Waals surface area contributed by atoms with E-state index < -0.39 is 11.9 Å². The number of carbonyl (C=O) groups is 2. The van der Waals surface area contributed by atoms with Gasteiger partial charge in [-0.05, 0) is 37.3 Å². The molecule has 0 atom stereocenters. The van der Waals surface area contributed by atoms with Gasteiger partial charge < -0.3 is 19.9 Å². The van der Waals surface area contributed by atoms with Gasteiger partial charge in [-0.3, -0.25) is 4.79 Å². The molecule has 9 heteroatoms. The number of aromatic nitrogens is 2. The first-order valence-corrected chi connectivity index (χ1v) is 8.19. The minimum Gasteiger partial charge on any atom is -0.465 e. The summed E-state index contributed by atoms with van der Waals surface area (Å²) < 4.78 is 9.64. The van der Waals surface area contributed by atoms with Crippen LogP contribution in [0.1, 0.15) is 26.5 Å². The zero-order chi connectivity index (χ0) is 19.4. The number of pyridine rings is 1. The second kappa shape index (κ2) is 7.88. The molecule has 0 spiro atoms. The number of halogens is 1. The van der Waals surface area contributed by atoms with E-state index in [0.29, 0.717) is 33.7 Å². The zero-order valence-electron chi connectivity index (χ0n) is 14.4. The van der Waals surface area contributed by atoms with Gasteiger partial charge in [-0.2, -0.15) is 0 Å². The summed E-state index contributed by atoms with van der Waals surface area (Å²) in [4.78, 5) is 28.3. The van der Waals surface area contributed by atoms with Gasteiger partial charge in [0, 0.05) is 17.8 Å². The van der Waals surface area contributed by atoms with Crippen molar-refractivity contribution in [1.29, 1.82) is 0 Å². The van der Waals surface area contributed by atoms with E-state index in [2.05, 4.69) is 25.5 Å². The van der Waals surface area contributed by atoms with Crippen molar-refractivity contribution < 1.29 is 18.8 Å². The van der Waals surface area contributed by atoms with Crippen LogP contribution in [-0.2, 0) is 4.74 Å². The minimum absolute atomic E-state index is 0.274. The van der Waals surface area contributed by atoms with E-state index in [9.17, 15) is 9.59 Å². The van der Waals surface area contributed by atoms with Crippen LogP contribution in [0.4, 0.5) is 17.3 Å². The van der Waals surface area contributed by atoms with Crippen molar-refractivity contribution in [3.05, 3.63) is 64.5 Å². The number of ether oxygens (including phenoxy) is 1. The lowest BCUT2D eigenvalue weighted by Crippen LogP contribution is -2.13. The summed E-state index contributed by atoms with van der Waals surface area (Å²) in [5.41, 5.74) is 0.908. The fraction of sp³-hybridized carbons (Fsp3) is 0.111. The molecule has 2 aromatic heterocycles. The Morgan fingerprint density at radius 2 is 1.93 bits per heavy atom. The average Bonchev–Trinajstić information content (AvgIpc) is 3.07. The number of methoxy groups -OCH3 is 1. The predicted molar refractivity (Wildman–Crippen MR) is 99.5 cm³/mol. The van der Waals surface area contributed by atoms with Crippen molar-refractivity contribution in [1.82, 2.24) is 10.1 Å². The van der Waals surface area contributed by atoms with Crippen molar-refractivity contribution in [3.8, 4) is 0 Å². The van der Waals surface area contributed by atoms with E-state index in [0.717, 1.165) is 0 Å². The second-order valence-electron chi connectivity index (χ2n) is 5.52. The number of carbonyl (C=O) groups excluding carboxylic acids is 2. The molecule has 0 aliphatic heterocycles. The topological polar surface area (TPSA) is 106 Å². The first kappa shape index (κ1) is 18.4. The van der Waals surface area contributed by atoms with E-state index >= 15 is 0 Å². The van der Waals surface area contributed by atoms with Crippen LogP contribution in [-0.4, -0.2) is 29.1 Å². The Hall–Kier alpha value is -3.39. The van der Waals surface area contributed by atoms with Gasteiger partial charge in [-0.25, -0.2) is 9.78 Å². The number of amides is 1. The highest BCUT2D eigenvalue weighted by atomic mass is 35.5. The highest BCUT2D eigenvalue weighted by Gasteiger charge is 2.13. The molecule has 2 N–H and O–H groups in total. The van der Waals surface area contributed by atoms with E-state index in [1.165, 1.54) is 31.5 Å². The largest absolute Gasteiger partial charge is 0.465 e. The summed E-state index contributed by atoms with van der Waals surface area (Å²) in [6, 6.07) is 9.27. The lowest BCUT2D eigenvalue weighted by atomic mass is 10.2. The van der Waals surface area contributed by atoms with Crippen molar-refractivity contribution in [2.45, 2.75) is 6.92 Å². The maximum atomic E-state index is 12.6. The third kappa shape index (κ3) is 4.42. The molecule has 27 heavy (non-hydrogen) atoms. The molecular weight excluding hydrogens is 372 g/mol. The first-order valence-electron chi connectivity index (χ1n) is 7.82. The van der Waals surface area contributed by atoms with Crippen molar-refractivity contribution in [2.75, 3.05) is 17.7 Å². The number of nitrogens with zero attached hydrogens (tertiary/aromatic N) is 2. The van der Waals surface area contributed by atoms with Gasteiger partial charge in [0.25, 0.3) is 5.91 Å². The summed E-state index contributed by atoms with van der Waals surface area (Å²) >= 11 is 6.11. The summed E-state index contributed by atoms with van der Waals surface area (Å²) in [7, 11) is 1.27. The molecular formula is C18H15ClN4O4. The van der Waals surface area contributed by atoms with Crippen molar-refractivity contribution in [3.63, 3.8) is 0 Å². The van der Waals surface area contributed by atoms with E-state index in [1.54, 1.807) is 25.1 Å². The Morgan fingerprint density at radius 1 is 1.11 bits per heavy atom. The van der Waals surface area contributed by atoms with Crippen molar-refractivity contribution >= 4 is 40.8 Å². The van der Waals surface area contributed by atoms with Gasteiger partial charge in [0.1, 0.15) is 11.6 Å². The number of rotatable bonds is 5. The average molecular weight is 387 g/mol. The minimum atomic E-state index is -0.527. The second-order valence-corrected chi connectivity index (χ2v) is 5.93. The molecule has 0 aliphatic rings. The summed E-state index contributed by atoms with van der Waals surface area (Å²) in [5, 5.41) is 9.72. The third-order valence-electron chi connectivity index (χ3n) is 3.54. The number of hydrogen-bond acceptors (Lipinski definition) is 7. The van der Waals surface area contributed by atoms with Gasteiger partial charge in [0.15, 0.2) is 5.82 Å². The summed E-state index contributed by atoms with van der Waals surface area (Å²) in [6.07, 6.45) is 1.48. The number of hydrogen-bond donors (Lipinski definition) is 2. The molecule has 0 saturated carbocycles. The van der Waals surface area contributed by atoms with Crippen LogP contribution < -0.4 is 10.6 Å². The fourth-order valence-corrected chi connectivity index (χ4v) is 2.42. The molecule has 1 amide bonds. The Kier molecular flexibility index (Phi) is 5.37. The van der Waals surface area contributed by atoms with E-state index in [4.69, 9.17) is 16.1 Å². The molecule has 0 bridgehead atoms. The maximum Gasteiger partial charge on any atom is 0.337 e. The lowest BCUT2D eigenvalue weighted by Gasteiger charge is -2.10. The molecule has 0 unspecified atom stereocenters. The molecule has 3 aromatic rings. The molecule has 0 fully saturated rings. The Labute approximate surface area is 159 Å². The highest BCUT2D eigenvalue weighted by molar-refractivity contribution is 6.34. The first-order chi connectivity index (χ1) is 13.0. The third-order valence-corrected chi connectivity index (χ3v) is 3.87. The summed E-state index contributed by atoms with van der Waals surface area (Å²) in [6.45, 7) is 1.77. The molecule has 8 nitrogen and oxygen atoms in total. The Bertz CT molecular complexity index is 1000. The molecule has 2 heterocycles. The maximum absolute atomic E-state index is 12.6. The quantitative estimate of drug-likeness (QED) is 0.642. The fourth-order valence-electron chi connectivity index (χ4n) is 2.26. The van der Waals surface area contributed by atoms with Gasteiger partial charge in [0.2, 0.25) is 0 Å². The lowest BCUT2D eigenvalue weighted by molar-refractivity contribution is 0.0600. The van der Waals surface area contributed by atoms with Crippen LogP contribution in [0.5, 0.6) is 0 Å². The Balaban J connectivity index is 1.78. The van der Waals surface area contributed by atoms with Gasteiger partial charge in [0.05, 0.1) is 23.4 Å². The smallest absolute Gasteiger partial charge is 0.337 e. The van der Waals surface area contributed by atoms with Gasteiger partial charge in [-0.1, -0.05) is 16.8 Å². The summed E-state index contributed by atoms with van der Waals surface area (Å²) in [5.74, 6) is 0.601. The molecule has 0 radical (unpaired) electrons. The van der Waals surface area contributed by atoms with Gasteiger partial charge >= 0.3 is 5.97 Å². The molecule has 138 valence electrons.